The molecule has 0 saturated carbocycles. The predicted octanol–water partition coefficient (Wildman–Crippen LogP) is 2.54. The van der Waals surface area contributed by atoms with Crippen molar-refractivity contribution < 1.29 is 0 Å². The second-order valence-corrected chi connectivity index (χ2v) is 4.24. The quantitative estimate of drug-likeness (QED) is 0.676. The van der Waals surface area contributed by atoms with Gasteiger partial charge in [-0.05, 0) is 34.5 Å². The van der Waals surface area contributed by atoms with Crippen LogP contribution in [0.3, 0.4) is 0 Å². The van der Waals surface area contributed by atoms with E-state index in [2.05, 4.69) is 35.8 Å². The van der Waals surface area contributed by atoms with Crippen molar-refractivity contribution >= 4 is 21.7 Å². The molecule has 0 aromatic carbocycles. The third kappa shape index (κ3) is 3.34. The molecule has 0 radical (unpaired) electrons. The third-order valence-corrected chi connectivity index (χ3v) is 2.62. The van der Waals surface area contributed by atoms with Gasteiger partial charge in [-0.1, -0.05) is 6.07 Å². The predicted molar refractivity (Wildman–Crippen MR) is 67.3 cm³/mol. The largest absolute Gasteiger partial charge is 0.370 e. The number of anilines is 1. The summed E-state index contributed by atoms with van der Waals surface area (Å²) in [5.74, 6) is 0.903. The van der Waals surface area contributed by atoms with Crippen molar-refractivity contribution in [2.24, 2.45) is 0 Å². The molecule has 0 aliphatic heterocycles. The number of rotatable bonds is 5. The van der Waals surface area contributed by atoms with Crippen LogP contribution in [-0.2, 0) is 6.54 Å². The average Bonchev–Trinajstić information content (AvgIpc) is 2.77. The van der Waals surface area contributed by atoms with E-state index in [1.807, 2.05) is 30.7 Å². The van der Waals surface area contributed by atoms with Crippen molar-refractivity contribution in [1.82, 2.24) is 14.5 Å². The van der Waals surface area contributed by atoms with Crippen LogP contribution in [0.25, 0.3) is 0 Å². The normalized spacial score (nSPS) is 10.3. The molecular formula is C11H13BrN4. The molecule has 5 heteroatoms. The van der Waals surface area contributed by atoms with Crippen molar-refractivity contribution in [3.8, 4) is 0 Å². The van der Waals surface area contributed by atoms with Crippen LogP contribution in [0.2, 0.25) is 0 Å². The minimum atomic E-state index is 0.854. The molecule has 0 aliphatic carbocycles. The third-order valence-electron chi connectivity index (χ3n) is 2.17. The van der Waals surface area contributed by atoms with E-state index >= 15 is 0 Å². The molecule has 2 heterocycles. The van der Waals surface area contributed by atoms with Crippen LogP contribution in [0.5, 0.6) is 0 Å². The summed E-state index contributed by atoms with van der Waals surface area (Å²) in [5, 5.41) is 3.27. The number of hydrogen-bond acceptors (Lipinski definition) is 3. The van der Waals surface area contributed by atoms with Crippen molar-refractivity contribution in [2.75, 3.05) is 11.9 Å². The zero-order chi connectivity index (χ0) is 11.2. The van der Waals surface area contributed by atoms with Gasteiger partial charge in [0, 0.05) is 25.5 Å². The first kappa shape index (κ1) is 11.1. The molecule has 0 bridgehead atoms. The Morgan fingerprint density at radius 1 is 1.38 bits per heavy atom. The molecule has 2 rings (SSSR count). The van der Waals surface area contributed by atoms with Crippen LogP contribution in [0.4, 0.5) is 5.82 Å². The van der Waals surface area contributed by atoms with Gasteiger partial charge in [-0.15, -0.1) is 0 Å². The van der Waals surface area contributed by atoms with Crippen LogP contribution < -0.4 is 5.32 Å². The Morgan fingerprint density at radius 3 is 3.06 bits per heavy atom. The molecule has 1 N–H and O–H groups in total. The summed E-state index contributed by atoms with van der Waals surface area (Å²) in [6.07, 6.45) is 6.64. The molecular weight excluding hydrogens is 268 g/mol. The Bertz CT molecular complexity index is 427. The van der Waals surface area contributed by atoms with E-state index < -0.39 is 0 Å². The number of nitrogens with one attached hydrogen (secondary N) is 1. The molecule has 4 nitrogen and oxygen atoms in total. The molecule has 2 aromatic rings. The highest BCUT2D eigenvalue weighted by atomic mass is 79.9. The van der Waals surface area contributed by atoms with Gasteiger partial charge in [-0.25, -0.2) is 9.97 Å². The number of hydrogen-bond donors (Lipinski definition) is 1. The van der Waals surface area contributed by atoms with E-state index in [4.69, 9.17) is 0 Å². The molecule has 16 heavy (non-hydrogen) atoms. The topological polar surface area (TPSA) is 42.7 Å². The fourth-order valence-corrected chi connectivity index (χ4v) is 1.75. The van der Waals surface area contributed by atoms with Crippen molar-refractivity contribution in [3.63, 3.8) is 0 Å². The van der Waals surface area contributed by atoms with Gasteiger partial charge in [-0.3, -0.25) is 0 Å². The highest BCUT2D eigenvalue weighted by molar-refractivity contribution is 9.10. The van der Waals surface area contributed by atoms with Crippen LogP contribution in [0.15, 0.2) is 41.5 Å². The zero-order valence-corrected chi connectivity index (χ0v) is 10.4. The molecule has 84 valence electrons. The Morgan fingerprint density at radius 2 is 2.31 bits per heavy atom. The summed E-state index contributed by atoms with van der Waals surface area (Å²) in [5.41, 5.74) is 0. The van der Waals surface area contributed by atoms with Crippen molar-refractivity contribution in [1.29, 1.82) is 0 Å². The lowest BCUT2D eigenvalue weighted by Crippen LogP contribution is -2.06. The van der Waals surface area contributed by atoms with Gasteiger partial charge in [0.2, 0.25) is 0 Å². The maximum absolute atomic E-state index is 4.29. The lowest BCUT2D eigenvalue weighted by atomic mass is 10.4. The summed E-state index contributed by atoms with van der Waals surface area (Å²) in [7, 11) is 0. The van der Waals surface area contributed by atoms with E-state index in [9.17, 15) is 0 Å². The highest BCUT2D eigenvalue weighted by Gasteiger charge is 1.94. The van der Waals surface area contributed by atoms with Gasteiger partial charge < -0.3 is 9.88 Å². The second-order valence-electron chi connectivity index (χ2n) is 3.43. The fraction of sp³-hybridized carbons (Fsp3) is 0.273. The summed E-state index contributed by atoms with van der Waals surface area (Å²) < 4.78 is 2.92. The van der Waals surface area contributed by atoms with Gasteiger partial charge in [0.15, 0.2) is 0 Å². The Balaban J connectivity index is 1.72. The molecule has 0 atom stereocenters. The van der Waals surface area contributed by atoms with Gasteiger partial charge in [0.25, 0.3) is 0 Å². The number of aryl methyl sites for hydroxylation is 1. The fourth-order valence-electron chi connectivity index (χ4n) is 1.40. The highest BCUT2D eigenvalue weighted by Crippen LogP contribution is 2.09. The SMILES string of the molecule is Brc1cccc(NCCCn2ccnc2)n1. The van der Waals surface area contributed by atoms with Gasteiger partial charge >= 0.3 is 0 Å². The van der Waals surface area contributed by atoms with E-state index in [-0.39, 0.29) is 0 Å². The first-order valence-electron chi connectivity index (χ1n) is 5.17. The Kier molecular flexibility index (Phi) is 3.93. The maximum Gasteiger partial charge on any atom is 0.127 e. The number of pyridine rings is 1. The van der Waals surface area contributed by atoms with Gasteiger partial charge in [-0.2, -0.15) is 0 Å². The van der Waals surface area contributed by atoms with Gasteiger partial charge in [0.05, 0.1) is 6.33 Å². The Hall–Kier alpha value is -1.36. The first-order valence-corrected chi connectivity index (χ1v) is 5.96. The molecule has 0 saturated heterocycles. The summed E-state index contributed by atoms with van der Waals surface area (Å²) in [4.78, 5) is 8.29. The molecule has 0 spiro atoms. The van der Waals surface area contributed by atoms with Crippen LogP contribution in [0, 0.1) is 0 Å². The van der Waals surface area contributed by atoms with Gasteiger partial charge in [0.1, 0.15) is 10.4 Å². The van der Waals surface area contributed by atoms with Crippen LogP contribution >= 0.6 is 15.9 Å². The maximum atomic E-state index is 4.29. The number of nitrogens with zero attached hydrogens (tertiary/aromatic N) is 3. The number of aromatic nitrogens is 3. The van der Waals surface area contributed by atoms with E-state index in [0.717, 1.165) is 29.9 Å². The number of imidazole rings is 1. The molecule has 2 aromatic heterocycles. The van der Waals surface area contributed by atoms with E-state index in [1.54, 1.807) is 6.20 Å². The average molecular weight is 281 g/mol. The van der Waals surface area contributed by atoms with E-state index in [1.165, 1.54) is 0 Å². The lowest BCUT2D eigenvalue weighted by molar-refractivity contribution is 0.660. The van der Waals surface area contributed by atoms with Crippen LogP contribution in [0.1, 0.15) is 6.42 Å². The molecule has 0 unspecified atom stereocenters. The minimum Gasteiger partial charge on any atom is -0.370 e. The Labute approximate surface area is 103 Å². The van der Waals surface area contributed by atoms with Crippen LogP contribution in [-0.4, -0.2) is 21.1 Å². The number of halogens is 1. The minimum absolute atomic E-state index is 0.854. The van der Waals surface area contributed by atoms with Crippen molar-refractivity contribution in [2.45, 2.75) is 13.0 Å². The smallest absolute Gasteiger partial charge is 0.127 e. The molecule has 0 aliphatic rings. The summed E-state index contributed by atoms with van der Waals surface area (Å²) in [6.45, 7) is 1.88. The zero-order valence-electron chi connectivity index (χ0n) is 8.81. The standard InChI is InChI=1S/C11H13BrN4/c12-10-3-1-4-11(15-10)14-5-2-7-16-8-6-13-9-16/h1,3-4,6,8-9H,2,5,7H2,(H,14,15). The first-order chi connectivity index (χ1) is 7.84. The molecule has 0 fully saturated rings. The monoisotopic (exact) mass is 280 g/mol. The molecule has 0 amide bonds. The van der Waals surface area contributed by atoms with E-state index in [0.29, 0.717) is 0 Å². The second kappa shape index (κ2) is 5.65. The van der Waals surface area contributed by atoms with Crippen molar-refractivity contribution in [3.05, 3.63) is 41.5 Å². The summed E-state index contributed by atoms with van der Waals surface area (Å²) >= 11 is 3.34. The lowest BCUT2D eigenvalue weighted by Gasteiger charge is -2.05. The summed E-state index contributed by atoms with van der Waals surface area (Å²) in [6, 6.07) is 5.84.